The Hall–Kier alpha value is -0.260. The normalized spacial score (nSPS) is 15.5. The molecule has 0 fully saturated rings. The molecule has 0 nitrogen and oxygen atoms in total. The Bertz CT molecular complexity index is 146. The largest absolute Gasteiger partial charge is 0.103 e. The third-order valence-electron chi connectivity index (χ3n) is 3.34. The molecule has 0 aromatic heterocycles. The Morgan fingerprint density at radius 2 is 1.86 bits per heavy atom. The van der Waals surface area contributed by atoms with E-state index in [0.29, 0.717) is 5.41 Å². The summed E-state index contributed by atoms with van der Waals surface area (Å²) in [6.45, 7) is 13.2. The van der Waals surface area contributed by atoms with Gasteiger partial charge in [0.05, 0.1) is 0 Å². The molecular weight excluding hydrogens is 168 g/mol. The maximum atomic E-state index is 4.02. The van der Waals surface area contributed by atoms with E-state index in [0.717, 1.165) is 5.92 Å². The highest BCUT2D eigenvalue weighted by atomic mass is 14.3. The molecule has 1 unspecified atom stereocenters. The fraction of sp³-hybridized carbons (Fsp3) is 0.857. The van der Waals surface area contributed by atoms with Gasteiger partial charge in [0.2, 0.25) is 0 Å². The van der Waals surface area contributed by atoms with Crippen LogP contribution in [0.25, 0.3) is 0 Å². The van der Waals surface area contributed by atoms with Gasteiger partial charge >= 0.3 is 0 Å². The monoisotopic (exact) mass is 196 g/mol. The van der Waals surface area contributed by atoms with E-state index in [4.69, 9.17) is 0 Å². The van der Waals surface area contributed by atoms with Crippen LogP contribution in [0.1, 0.15) is 66.2 Å². The van der Waals surface area contributed by atoms with Gasteiger partial charge in [0, 0.05) is 0 Å². The second kappa shape index (κ2) is 7.09. The first-order chi connectivity index (χ1) is 6.60. The summed E-state index contributed by atoms with van der Waals surface area (Å²) in [5, 5.41) is 0. The van der Waals surface area contributed by atoms with Crippen molar-refractivity contribution in [3.05, 3.63) is 12.7 Å². The van der Waals surface area contributed by atoms with E-state index in [1.54, 1.807) is 0 Å². The van der Waals surface area contributed by atoms with Gasteiger partial charge in [0.1, 0.15) is 0 Å². The minimum atomic E-state index is 0.434. The summed E-state index contributed by atoms with van der Waals surface area (Å²) in [4.78, 5) is 0. The molecule has 0 amide bonds. The number of allylic oxidation sites excluding steroid dienone is 1. The summed E-state index contributed by atoms with van der Waals surface area (Å²) in [7, 11) is 0. The predicted octanol–water partition coefficient (Wildman–Crippen LogP) is 5.20. The molecule has 0 aliphatic heterocycles. The third kappa shape index (κ3) is 4.83. The smallest absolute Gasteiger partial charge is 0.0124 e. The van der Waals surface area contributed by atoms with Gasteiger partial charge in [-0.3, -0.25) is 0 Å². The Balaban J connectivity index is 4.00. The molecule has 0 radical (unpaired) electrons. The molecule has 0 aromatic rings. The van der Waals surface area contributed by atoms with Crippen LogP contribution in [0.4, 0.5) is 0 Å². The van der Waals surface area contributed by atoms with E-state index in [9.17, 15) is 0 Å². The second-order valence-corrected chi connectivity index (χ2v) is 4.96. The molecule has 0 saturated heterocycles. The lowest BCUT2D eigenvalue weighted by atomic mass is 9.76. The number of hydrogen-bond acceptors (Lipinski definition) is 0. The van der Waals surface area contributed by atoms with Crippen molar-refractivity contribution in [3.8, 4) is 0 Å². The van der Waals surface area contributed by atoms with Gasteiger partial charge in [0.15, 0.2) is 0 Å². The van der Waals surface area contributed by atoms with Crippen LogP contribution in [0.15, 0.2) is 12.7 Å². The van der Waals surface area contributed by atoms with Crippen molar-refractivity contribution in [1.29, 1.82) is 0 Å². The third-order valence-corrected chi connectivity index (χ3v) is 3.34. The lowest BCUT2D eigenvalue weighted by molar-refractivity contribution is 0.290. The van der Waals surface area contributed by atoms with Crippen molar-refractivity contribution in [2.75, 3.05) is 0 Å². The Labute approximate surface area is 90.8 Å². The zero-order chi connectivity index (χ0) is 11.0. The fourth-order valence-electron chi connectivity index (χ4n) is 2.19. The molecule has 0 aliphatic rings. The zero-order valence-electron chi connectivity index (χ0n) is 10.6. The predicted molar refractivity (Wildman–Crippen MR) is 66.5 cm³/mol. The van der Waals surface area contributed by atoms with Crippen molar-refractivity contribution in [1.82, 2.24) is 0 Å². The van der Waals surface area contributed by atoms with Crippen LogP contribution < -0.4 is 0 Å². The van der Waals surface area contributed by atoms with Crippen LogP contribution in [-0.4, -0.2) is 0 Å². The molecule has 0 heterocycles. The van der Waals surface area contributed by atoms with E-state index in [1.165, 1.54) is 38.5 Å². The van der Waals surface area contributed by atoms with Gasteiger partial charge in [0.25, 0.3) is 0 Å². The number of rotatable bonds is 8. The molecule has 0 aliphatic carbocycles. The van der Waals surface area contributed by atoms with Crippen molar-refractivity contribution >= 4 is 0 Å². The lowest BCUT2D eigenvalue weighted by Crippen LogP contribution is -2.16. The fourth-order valence-corrected chi connectivity index (χ4v) is 2.19. The molecule has 0 aromatic carbocycles. The highest BCUT2D eigenvalue weighted by Gasteiger charge is 2.22. The van der Waals surface area contributed by atoms with Crippen LogP contribution in [0.5, 0.6) is 0 Å². The average Bonchev–Trinajstić information content (AvgIpc) is 2.16. The van der Waals surface area contributed by atoms with Crippen LogP contribution in [0.3, 0.4) is 0 Å². The minimum Gasteiger partial charge on any atom is -0.103 e. The van der Waals surface area contributed by atoms with Crippen molar-refractivity contribution in [2.45, 2.75) is 66.2 Å². The Morgan fingerprint density at radius 1 is 1.21 bits per heavy atom. The molecule has 1 atom stereocenters. The lowest BCUT2D eigenvalue weighted by Gasteiger charge is -2.29. The van der Waals surface area contributed by atoms with Crippen molar-refractivity contribution < 1.29 is 0 Å². The Kier molecular flexibility index (Phi) is 6.96. The summed E-state index contributed by atoms with van der Waals surface area (Å²) in [5.74, 6) is 0.844. The van der Waals surface area contributed by atoms with Crippen LogP contribution in [-0.2, 0) is 0 Å². The van der Waals surface area contributed by atoms with Gasteiger partial charge in [-0.15, -0.1) is 6.58 Å². The first-order valence-corrected chi connectivity index (χ1v) is 6.23. The molecule has 0 rings (SSSR count). The van der Waals surface area contributed by atoms with Gasteiger partial charge in [-0.05, 0) is 30.6 Å². The van der Waals surface area contributed by atoms with E-state index < -0.39 is 0 Å². The quantitative estimate of drug-likeness (QED) is 0.468. The Morgan fingerprint density at radius 3 is 2.21 bits per heavy atom. The summed E-state index contributed by atoms with van der Waals surface area (Å²) in [6, 6.07) is 0. The standard InChI is InChI=1S/C14H28/c1-6-11-14(7-2,8-3)12-9-10-13(4)5/h7,13H,2,6,8-12H2,1,3-5H3. The molecular formula is C14H28. The van der Waals surface area contributed by atoms with E-state index in [-0.39, 0.29) is 0 Å². The van der Waals surface area contributed by atoms with Crippen LogP contribution >= 0.6 is 0 Å². The topological polar surface area (TPSA) is 0 Å². The molecule has 0 bridgehead atoms. The van der Waals surface area contributed by atoms with Gasteiger partial charge in [-0.25, -0.2) is 0 Å². The zero-order valence-corrected chi connectivity index (χ0v) is 10.6. The molecule has 0 N–H and O–H groups in total. The maximum absolute atomic E-state index is 4.02. The summed E-state index contributed by atoms with van der Waals surface area (Å²) in [6.07, 6.45) is 10.1. The highest BCUT2D eigenvalue weighted by Crippen LogP contribution is 2.35. The molecule has 14 heavy (non-hydrogen) atoms. The maximum Gasteiger partial charge on any atom is -0.0124 e. The van der Waals surface area contributed by atoms with Crippen LogP contribution in [0.2, 0.25) is 0 Å². The van der Waals surface area contributed by atoms with Gasteiger partial charge in [-0.2, -0.15) is 0 Å². The van der Waals surface area contributed by atoms with Crippen molar-refractivity contribution in [2.24, 2.45) is 11.3 Å². The summed E-state index contributed by atoms with van der Waals surface area (Å²) < 4.78 is 0. The summed E-state index contributed by atoms with van der Waals surface area (Å²) in [5.41, 5.74) is 0.434. The molecule has 0 saturated carbocycles. The highest BCUT2D eigenvalue weighted by molar-refractivity contribution is 4.93. The first kappa shape index (κ1) is 13.7. The van der Waals surface area contributed by atoms with E-state index in [1.807, 2.05) is 0 Å². The minimum absolute atomic E-state index is 0.434. The van der Waals surface area contributed by atoms with E-state index in [2.05, 4.69) is 40.3 Å². The average molecular weight is 196 g/mol. The second-order valence-electron chi connectivity index (χ2n) is 4.96. The SMILES string of the molecule is C=CC(CC)(CCC)CCCC(C)C. The molecule has 0 spiro atoms. The summed E-state index contributed by atoms with van der Waals surface area (Å²) >= 11 is 0. The van der Waals surface area contributed by atoms with Gasteiger partial charge < -0.3 is 0 Å². The molecule has 84 valence electrons. The van der Waals surface area contributed by atoms with Crippen molar-refractivity contribution in [3.63, 3.8) is 0 Å². The molecule has 0 heteroatoms. The number of hydrogen-bond donors (Lipinski definition) is 0. The van der Waals surface area contributed by atoms with E-state index >= 15 is 0 Å². The van der Waals surface area contributed by atoms with Crippen LogP contribution in [0, 0.1) is 11.3 Å². The van der Waals surface area contributed by atoms with Gasteiger partial charge in [-0.1, -0.05) is 53.0 Å². The first-order valence-electron chi connectivity index (χ1n) is 6.23.